The third kappa shape index (κ3) is 2.40. The van der Waals surface area contributed by atoms with E-state index in [1.807, 2.05) is 32.0 Å². The highest BCUT2D eigenvalue weighted by molar-refractivity contribution is 6.07. The SMILES string of the molecule is Cc1ccc2c(C)c(C(=O)Nc3ccccc3F)[nH]c2c1. The summed E-state index contributed by atoms with van der Waals surface area (Å²) in [4.78, 5) is 15.4. The predicted octanol–water partition coefficient (Wildman–Crippen LogP) is 4.18. The van der Waals surface area contributed by atoms with Crippen LogP contribution in [-0.4, -0.2) is 10.9 Å². The fourth-order valence-corrected chi connectivity index (χ4v) is 2.43. The molecule has 0 unspecified atom stereocenters. The first-order valence-electron chi connectivity index (χ1n) is 6.71. The Morgan fingerprint density at radius 1 is 1.14 bits per heavy atom. The average Bonchev–Trinajstić information content (AvgIpc) is 2.78. The molecular weight excluding hydrogens is 267 g/mol. The summed E-state index contributed by atoms with van der Waals surface area (Å²) in [5.74, 6) is -0.790. The molecule has 2 N–H and O–H groups in total. The van der Waals surface area contributed by atoms with Gasteiger partial charge in [0.15, 0.2) is 0 Å². The highest BCUT2D eigenvalue weighted by Crippen LogP contribution is 2.24. The zero-order chi connectivity index (χ0) is 15.0. The van der Waals surface area contributed by atoms with E-state index in [9.17, 15) is 9.18 Å². The minimum atomic E-state index is -0.449. The van der Waals surface area contributed by atoms with Crippen molar-refractivity contribution in [3.05, 3.63) is 65.1 Å². The van der Waals surface area contributed by atoms with Gasteiger partial charge in [0.1, 0.15) is 11.5 Å². The Balaban J connectivity index is 1.98. The zero-order valence-electron chi connectivity index (χ0n) is 11.8. The number of nitrogens with one attached hydrogen (secondary N) is 2. The normalized spacial score (nSPS) is 10.8. The molecule has 21 heavy (non-hydrogen) atoms. The van der Waals surface area contributed by atoms with Crippen molar-refractivity contribution >= 4 is 22.5 Å². The minimum absolute atomic E-state index is 0.178. The van der Waals surface area contributed by atoms with Gasteiger partial charge in [-0.25, -0.2) is 4.39 Å². The minimum Gasteiger partial charge on any atom is -0.350 e. The standard InChI is InChI=1S/C17H15FN2O/c1-10-7-8-12-11(2)16(19-15(12)9-10)17(21)20-14-6-4-3-5-13(14)18/h3-9,19H,1-2H3,(H,20,21). The second kappa shape index (κ2) is 5.05. The van der Waals surface area contributed by atoms with Crippen LogP contribution in [0, 0.1) is 19.7 Å². The first kappa shape index (κ1) is 13.4. The second-order valence-corrected chi connectivity index (χ2v) is 5.11. The van der Waals surface area contributed by atoms with E-state index < -0.39 is 5.82 Å². The molecule has 3 nitrogen and oxygen atoms in total. The lowest BCUT2D eigenvalue weighted by molar-refractivity contribution is 0.102. The molecule has 0 fully saturated rings. The molecule has 0 aliphatic rings. The van der Waals surface area contributed by atoms with Crippen LogP contribution in [0.4, 0.5) is 10.1 Å². The molecule has 2 aromatic carbocycles. The molecular formula is C17H15FN2O. The fraction of sp³-hybridized carbons (Fsp3) is 0.118. The van der Waals surface area contributed by atoms with Gasteiger partial charge in [-0.15, -0.1) is 0 Å². The molecule has 4 heteroatoms. The number of aromatic nitrogens is 1. The zero-order valence-corrected chi connectivity index (χ0v) is 11.8. The van der Waals surface area contributed by atoms with Crippen molar-refractivity contribution in [3.8, 4) is 0 Å². The van der Waals surface area contributed by atoms with E-state index in [1.165, 1.54) is 12.1 Å². The number of fused-ring (bicyclic) bond motifs is 1. The number of H-pyrrole nitrogens is 1. The van der Waals surface area contributed by atoms with E-state index in [0.29, 0.717) is 5.69 Å². The maximum atomic E-state index is 13.6. The number of amides is 1. The molecule has 0 saturated carbocycles. The third-order valence-corrected chi connectivity index (χ3v) is 3.56. The number of anilines is 1. The highest BCUT2D eigenvalue weighted by Gasteiger charge is 2.16. The van der Waals surface area contributed by atoms with Crippen molar-refractivity contribution in [2.45, 2.75) is 13.8 Å². The smallest absolute Gasteiger partial charge is 0.272 e. The van der Waals surface area contributed by atoms with Crippen molar-refractivity contribution in [1.29, 1.82) is 0 Å². The molecule has 1 heterocycles. The maximum absolute atomic E-state index is 13.6. The summed E-state index contributed by atoms with van der Waals surface area (Å²) in [6.07, 6.45) is 0. The molecule has 106 valence electrons. The summed E-state index contributed by atoms with van der Waals surface area (Å²) < 4.78 is 13.6. The van der Waals surface area contributed by atoms with E-state index in [4.69, 9.17) is 0 Å². The van der Waals surface area contributed by atoms with E-state index in [-0.39, 0.29) is 11.6 Å². The van der Waals surface area contributed by atoms with Crippen LogP contribution in [0.3, 0.4) is 0 Å². The van der Waals surface area contributed by atoms with E-state index in [2.05, 4.69) is 10.3 Å². The number of hydrogen-bond donors (Lipinski definition) is 2. The molecule has 0 saturated heterocycles. The van der Waals surface area contributed by atoms with Crippen molar-refractivity contribution in [1.82, 2.24) is 4.98 Å². The lowest BCUT2D eigenvalue weighted by Crippen LogP contribution is -2.14. The largest absolute Gasteiger partial charge is 0.350 e. The Bertz CT molecular complexity index is 836. The van der Waals surface area contributed by atoms with Crippen LogP contribution in [0.1, 0.15) is 21.6 Å². The van der Waals surface area contributed by atoms with Gasteiger partial charge in [-0.3, -0.25) is 4.79 Å². The Hall–Kier alpha value is -2.62. The topological polar surface area (TPSA) is 44.9 Å². The second-order valence-electron chi connectivity index (χ2n) is 5.11. The summed E-state index contributed by atoms with van der Waals surface area (Å²) in [5.41, 5.74) is 3.52. The van der Waals surface area contributed by atoms with E-state index >= 15 is 0 Å². The Morgan fingerprint density at radius 2 is 1.90 bits per heavy atom. The predicted molar refractivity (Wildman–Crippen MR) is 82.1 cm³/mol. The maximum Gasteiger partial charge on any atom is 0.272 e. The fourth-order valence-electron chi connectivity index (χ4n) is 2.43. The molecule has 0 aliphatic heterocycles. The number of aromatic amines is 1. The molecule has 3 aromatic rings. The van der Waals surface area contributed by atoms with Crippen molar-refractivity contribution < 1.29 is 9.18 Å². The van der Waals surface area contributed by atoms with E-state index in [0.717, 1.165) is 22.0 Å². The molecule has 1 aromatic heterocycles. The van der Waals surface area contributed by atoms with E-state index in [1.54, 1.807) is 12.1 Å². The van der Waals surface area contributed by atoms with Gasteiger partial charge >= 0.3 is 0 Å². The molecule has 0 spiro atoms. The lowest BCUT2D eigenvalue weighted by atomic mass is 10.1. The highest BCUT2D eigenvalue weighted by atomic mass is 19.1. The van der Waals surface area contributed by atoms with Gasteiger partial charge in [-0.05, 0) is 43.2 Å². The number of halogens is 1. The molecule has 0 bridgehead atoms. The van der Waals surface area contributed by atoms with Gasteiger partial charge < -0.3 is 10.3 Å². The summed E-state index contributed by atoms with van der Waals surface area (Å²) in [6.45, 7) is 3.87. The van der Waals surface area contributed by atoms with Crippen LogP contribution in [-0.2, 0) is 0 Å². The van der Waals surface area contributed by atoms with Gasteiger partial charge in [0.05, 0.1) is 5.69 Å². The molecule has 1 amide bonds. The van der Waals surface area contributed by atoms with Crippen LogP contribution >= 0.6 is 0 Å². The Morgan fingerprint density at radius 3 is 2.67 bits per heavy atom. The quantitative estimate of drug-likeness (QED) is 0.727. The number of carbonyl (C=O) groups excluding carboxylic acids is 1. The average molecular weight is 282 g/mol. The van der Waals surface area contributed by atoms with Crippen LogP contribution in [0.25, 0.3) is 10.9 Å². The molecule has 3 rings (SSSR count). The van der Waals surface area contributed by atoms with Crippen LogP contribution in [0.15, 0.2) is 42.5 Å². The Kier molecular flexibility index (Phi) is 3.22. The van der Waals surface area contributed by atoms with Crippen LogP contribution < -0.4 is 5.32 Å². The van der Waals surface area contributed by atoms with Crippen LogP contribution in [0.5, 0.6) is 0 Å². The number of carbonyl (C=O) groups is 1. The number of benzene rings is 2. The van der Waals surface area contributed by atoms with Gasteiger partial charge in [-0.1, -0.05) is 24.3 Å². The monoisotopic (exact) mass is 282 g/mol. The van der Waals surface area contributed by atoms with Gasteiger partial charge in [0.25, 0.3) is 5.91 Å². The van der Waals surface area contributed by atoms with Gasteiger partial charge in [0.2, 0.25) is 0 Å². The van der Waals surface area contributed by atoms with Gasteiger partial charge in [-0.2, -0.15) is 0 Å². The van der Waals surface area contributed by atoms with Crippen molar-refractivity contribution in [3.63, 3.8) is 0 Å². The lowest BCUT2D eigenvalue weighted by Gasteiger charge is -2.05. The van der Waals surface area contributed by atoms with Crippen molar-refractivity contribution in [2.24, 2.45) is 0 Å². The first-order chi connectivity index (χ1) is 10.1. The summed E-state index contributed by atoms with van der Waals surface area (Å²) in [7, 11) is 0. The number of rotatable bonds is 2. The Labute approximate surface area is 121 Å². The summed E-state index contributed by atoms with van der Waals surface area (Å²) in [5, 5.41) is 3.60. The summed E-state index contributed by atoms with van der Waals surface area (Å²) in [6, 6.07) is 12.1. The molecule has 0 aliphatic carbocycles. The number of hydrogen-bond acceptors (Lipinski definition) is 1. The third-order valence-electron chi connectivity index (χ3n) is 3.56. The molecule has 0 radical (unpaired) electrons. The van der Waals surface area contributed by atoms with Gasteiger partial charge in [0, 0.05) is 10.9 Å². The number of aryl methyl sites for hydroxylation is 2. The molecule has 0 atom stereocenters. The summed E-state index contributed by atoms with van der Waals surface area (Å²) >= 11 is 0. The number of para-hydroxylation sites is 1. The van der Waals surface area contributed by atoms with Crippen molar-refractivity contribution in [2.75, 3.05) is 5.32 Å². The first-order valence-corrected chi connectivity index (χ1v) is 6.71. The van der Waals surface area contributed by atoms with Crippen LogP contribution in [0.2, 0.25) is 0 Å².